The molecule has 3 saturated heterocycles. The molecule has 9 N–H and O–H groups in total. The summed E-state index contributed by atoms with van der Waals surface area (Å²) in [7, 11) is 0. The van der Waals surface area contributed by atoms with Gasteiger partial charge in [-0.15, -0.1) is 0 Å². The molecular formula is C60H89F2N5O13. The van der Waals surface area contributed by atoms with E-state index in [2.05, 4.69) is 21.4 Å². The molecule has 5 rings (SSSR count). The highest BCUT2D eigenvalue weighted by molar-refractivity contribution is 5.93. The summed E-state index contributed by atoms with van der Waals surface area (Å²) in [6.45, 7) is 17.8. The van der Waals surface area contributed by atoms with Crippen molar-refractivity contribution < 1.29 is 72.6 Å². The summed E-state index contributed by atoms with van der Waals surface area (Å²) < 4.78 is 41.7. The second-order valence-electron chi connectivity index (χ2n) is 23.4. The molecule has 4 heterocycles. The number of nitrogens with one attached hydrogen (secondary N) is 4. The third-order valence-corrected chi connectivity index (χ3v) is 17.0. The van der Waals surface area contributed by atoms with E-state index in [1.165, 1.54) is 19.9 Å². The lowest BCUT2D eigenvalue weighted by atomic mass is 9.69. The molecule has 17 atom stereocenters. The Bertz CT molecular complexity index is 2430. The van der Waals surface area contributed by atoms with Crippen LogP contribution in [0.25, 0.3) is 0 Å². The molecule has 1 aromatic rings. The van der Waals surface area contributed by atoms with Crippen molar-refractivity contribution in [1.29, 1.82) is 0 Å². The number of esters is 1. The summed E-state index contributed by atoms with van der Waals surface area (Å²) in [6.07, 6.45) is 9.15. The molecule has 4 amide bonds. The molecule has 446 valence electrons. The number of phenolic OH excluding ortho intramolecular Hbond substituents is 1. The van der Waals surface area contributed by atoms with Gasteiger partial charge >= 0.3 is 5.97 Å². The SMILES string of the molecule is CC[C@H]1C[C@H](C)[C@@]2(NC1=O)O[C@@H](C[C@H](O)[C@@H](C)CC/C=C/C=C(\C)[C@@H]1C/C=C/C=C/[C@H](O)[C@H](C)[C@@H](O)[C@@H](CCC(C)=O)C(=O)N[C@@H](C(C)C)C(=O)N[C@@H](Cc3cc(O)c(F)c(F)c3)C(=O)N3CCCC(N3)C(=O)O1)[C@H](C)[C@H](O)[C@@H]2C. The number of carbonyl (C=O) groups excluding carboxylic acids is 6. The maximum atomic E-state index is 14.6. The van der Waals surface area contributed by atoms with Crippen molar-refractivity contribution in [1.82, 2.24) is 26.4 Å². The van der Waals surface area contributed by atoms with Crippen molar-refractivity contribution in [3.05, 3.63) is 77.4 Å². The highest BCUT2D eigenvalue weighted by Crippen LogP contribution is 2.46. The minimum Gasteiger partial charge on any atom is -0.505 e. The molecule has 0 saturated carbocycles. The largest absolute Gasteiger partial charge is 0.505 e. The van der Waals surface area contributed by atoms with E-state index < -0.39 is 126 Å². The number of hydrogen-bond acceptors (Lipinski definition) is 14. The number of rotatable bonds is 15. The Balaban J connectivity index is 1.37. The van der Waals surface area contributed by atoms with Gasteiger partial charge in [-0.3, -0.25) is 29.0 Å². The van der Waals surface area contributed by atoms with Gasteiger partial charge in [0.1, 0.15) is 35.7 Å². The number of piperidine rings is 1. The van der Waals surface area contributed by atoms with E-state index >= 15 is 0 Å². The molecule has 20 heteroatoms. The lowest BCUT2D eigenvalue weighted by molar-refractivity contribution is -0.267. The summed E-state index contributed by atoms with van der Waals surface area (Å²) in [5.74, 6) is -11.2. The van der Waals surface area contributed by atoms with Crippen LogP contribution in [-0.4, -0.2) is 133 Å². The first-order valence-corrected chi connectivity index (χ1v) is 28.6. The highest BCUT2D eigenvalue weighted by atomic mass is 19.2. The van der Waals surface area contributed by atoms with E-state index in [-0.39, 0.29) is 85.5 Å². The fourth-order valence-electron chi connectivity index (χ4n) is 11.4. The zero-order chi connectivity index (χ0) is 59.3. The molecular weight excluding hydrogens is 1040 g/mol. The molecule has 3 fully saturated rings. The van der Waals surface area contributed by atoms with E-state index in [4.69, 9.17) is 9.47 Å². The van der Waals surface area contributed by atoms with Crippen molar-refractivity contribution in [2.45, 2.75) is 200 Å². The van der Waals surface area contributed by atoms with E-state index in [0.29, 0.717) is 37.7 Å². The van der Waals surface area contributed by atoms with Crippen molar-refractivity contribution >= 4 is 35.4 Å². The molecule has 1 unspecified atom stereocenters. The fourth-order valence-corrected chi connectivity index (χ4v) is 11.4. The van der Waals surface area contributed by atoms with Gasteiger partial charge in [-0.2, -0.15) is 4.39 Å². The molecule has 80 heavy (non-hydrogen) atoms. The van der Waals surface area contributed by atoms with E-state index in [1.54, 1.807) is 45.1 Å². The topological polar surface area (TPSA) is 273 Å². The van der Waals surface area contributed by atoms with Gasteiger partial charge in [0, 0.05) is 61.8 Å². The number of aliphatic hydroxyl groups excluding tert-OH is 4. The van der Waals surface area contributed by atoms with Crippen LogP contribution in [0.2, 0.25) is 0 Å². The number of aromatic hydroxyl groups is 1. The molecule has 4 aliphatic heterocycles. The van der Waals surface area contributed by atoms with Gasteiger partial charge in [0.2, 0.25) is 17.7 Å². The third kappa shape index (κ3) is 16.6. The predicted molar refractivity (Wildman–Crippen MR) is 295 cm³/mol. The predicted octanol–water partition coefficient (Wildman–Crippen LogP) is 5.69. The van der Waals surface area contributed by atoms with Gasteiger partial charge in [-0.1, -0.05) is 97.9 Å². The van der Waals surface area contributed by atoms with Crippen molar-refractivity contribution in [2.24, 2.45) is 47.3 Å². The number of benzene rings is 1. The van der Waals surface area contributed by atoms with Crippen molar-refractivity contribution in [3.63, 3.8) is 0 Å². The van der Waals surface area contributed by atoms with Crippen molar-refractivity contribution in [2.75, 3.05) is 6.54 Å². The van der Waals surface area contributed by atoms with Gasteiger partial charge in [0.15, 0.2) is 17.4 Å². The minimum absolute atomic E-state index is 0.0434. The first-order valence-electron chi connectivity index (χ1n) is 28.6. The first-order chi connectivity index (χ1) is 37.7. The Morgan fingerprint density at radius 3 is 2.33 bits per heavy atom. The zero-order valence-corrected chi connectivity index (χ0v) is 48.2. The molecule has 4 aliphatic rings. The van der Waals surface area contributed by atoms with Crippen LogP contribution in [0.1, 0.15) is 139 Å². The number of phenols is 1. The van der Waals surface area contributed by atoms with Crippen LogP contribution in [0.15, 0.2) is 60.2 Å². The number of Topliss-reactive ketones (excluding diaryl/α,β-unsaturated/α-hetero) is 1. The number of nitrogens with zero attached hydrogens (tertiary/aromatic N) is 1. The molecule has 18 nitrogen and oxygen atoms in total. The van der Waals surface area contributed by atoms with Crippen LogP contribution in [0.4, 0.5) is 8.78 Å². The van der Waals surface area contributed by atoms with Gasteiger partial charge in [-0.05, 0) is 93.9 Å². The van der Waals surface area contributed by atoms with Crippen LogP contribution in [0.3, 0.4) is 0 Å². The second kappa shape index (κ2) is 29.6. The normalized spacial score (nSPS) is 34.4. The summed E-state index contributed by atoms with van der Waals surface area (Å²) in [6, 6.07) is -2.22. The van der Waals surface area contributed by atoms with Gasteiger partial charge in [0.05, 0.1) is 36.4 Å². The number of hydrogen-bond donors (Lipinski definition) is 9. The van der Waals surface area contributed by atoms with Gasteiger partial charge in [0.25, 0.3) is 5.91 Å². The van der Waals surface area contributed by atoms with E-state index in [0.717, 1.165) is 17.1 Å². The number of carbonyl (C=O) groups is 6. The second-order valence-corrected chi connectivity index (χ2v) is 23.4. The number of hydrazine groups is 1. The number of amides is 4. The number of fused-ring (bicyclic) bond motifs is 2. The zero-order valence-electron chi connectivity index (χ0n) is 48.2. The van der Waals surface area contributed by atoms with Gasteiger partial charge < -0.3 is 55.8 Å². The van der Waals surface area contributed by atoms with Crippen LogP contribution in [-0.2, 0) is 44.7 Å². The van der Waals surface area contributed by atoms with Crippen LogP contribution in [0.5, 0.6) is 5.75 Å². The fraction of sp³-hybridized carbons (Fsp3) is 0.667. The summed E-state index contributed by atoms with van der Waals surface area (Å²) in [4.78, 5) is 82.1. The lowest BCUT2D eigenvalue weighted by Crippen LogP contribution is -2.71. The Hall–Kier alpha value is -5.38. The monoisotopic (exact) mass is 1130 g/mol. The molecule has 0 radical (unpaired) electrons. The van der Waals surface area contributed by atoms with E-state index in [1.807, 2.05) is 46.8 Å². The molecule has 1 aromatic carbocycles. The molecule has 1 spiro atoms. The number of cyclic esters (lactones) is 1. The summed E-state index contributed by atoms with van der Waals surface area (Å²) in [5.41, 5.74) is 2.49. The number of ketones is 1. The smallest absolute Gasteiger partial charge is 0.325 e. The standard InChI is InChI=1S/C60H89F2N5O13/c1-11-41-27-35(6)60(65-55(41)74)39(10)53(72)38(9)50(80-60)31-47(70)33(4)19-14-12-15-20-34(5)49-23-17-13-16-22-46(69)37(8)54(73)42(25-24-36(7)68)56(75)64-52(32(2)3)57(76)63-45(29-40-28-43(61)51(62)48(71)30-40)58(77)67-26-18-21-44(66-67)59(78)79-49/h12-13,15-17,20,22,28,30,32-33,35,37-39,41-42,44-47,49-50,52-54,66,69-73H,11,14,18-19,21,23-27,29,31H2,1-10H3,(H,63,76)(H,64,75)(H,65,74)/b15-12+,17-13+,22-16+,34-20+/t33-,35-,37-,38-,39-,41-,42+,44?,45-,46-,47-,49-,50-,52-,53-,54+,60+/m0/s1. The van der Waals surface area contributed by atoms with Crippen LogP contribution < -0.4 is 21.4 Å². The first kappa shape index (κ1) is 65.4. The summed E-state index contributed by atoms with van der Waals surface area (Å²) in [5, 5.41) is 65.4. The van der Waals surface area contributed by atoms with Crippen LogP contribution >= 0.6 is 0 Å². The molecule has 0 aliphatic carbocycles. The minimum atomic E-state index is -1.53. The highest BCUT2D eigenvalue weighted by Gasteiger charge is 2.57. The maximum Gasteiger partial charge on any atom is 0.325 e. The number of allylic oxidation sites excluding steroid dienone is 5. The van der Waals surface area contributed by atoms with Crippen LogP contribution in [0, 0.1) is 59.0 Å². The Kier molecular flexibility index (Phi) is 24.2. The third-order valence-electron chi connectivity index (χ3n) is 17.0. The molecule has 0 aromatic heterocycles. The van der Waals surface area contributed by atoms with Crippen molar-refractivity contribution in [3.8, 4) is 5.75 Å². The Labute approximate surface area is 470 Å². The maximum absolute atomic E-state index is 14.6. The molecule has 2 bridgehead atoms. The number of halogens is 2. The Morgan fingerprint density at radius 2 is 1.66 bits per heavy atom. The Morgan fingerprint density at radius 1 is 0.950 bits per heavy atom. The number of aliphatic hydroxyl groups is 4. The quantitative estimate of drug-likeness (QED) is 0.0755. The van der Waals surface area contributed by atoms with E-state index in [9.17, 15) is 63.1 Å². The lowest BCUT2D eigenvalue weighted by Gasteiger charge is -2.56. The van der Waals surface area contributed by atoms with Gasteiger partial charge in [-0.25, -0.2) is 9.82 Å². The summed E-state index contributed by atoms with van der Waals surface area (Å²) >= 11 is 0. The average Bonchev–Trinajstić information content (AvgIpc) is 3.56. The number of ether oxygens (including phenoxy) is 2. The average molecular weight is 1130 g/mol.